The third kappa shape index (κ3) is 4.97. The Kier molecular flexibility index (Phi) is 7.14. The monoisotopic (exact) mass is 240 g/mol. The van der Waals surface area contributed by atoms with Gasteiger partial charge in [-0.15, -0.1) is 0 Å². The Morgan fingerprint density at radius 2 is 2.06 bits per heavy atom. The average molecular weight is 240 g/mol. The zero-order valence-corrected chi connectivity index (χ0v) is 12.1. The zero-order chi connectivity index (χ0) is 12.7. The number of likely N-dealkylation sites (tertiary alicyclic amines) is 1. The lowest BCUT2D eigenvalue weighted by atomic mass is 9.96. The van der Waals surface area contributed by atoms with Gasteiger partial charge >= 0.3 is 0 Å². The largest absolute Gasteiger partial charge is 0.330 e. The average Bonchev–Trinajstić information content (AvgIpc) is 2.76. The van der Waals surface area contributed by atoms with Gasteiger partial charge in [-0.3, -0.25) is 0 Å². The predicted molar refractivity (Wildman–Crippen MR) is 76.1 cm³/mol. The Hall–Kier alpha value is -0.0800. The van der Waals surface area contributed by atoms with Crippen molar-refractivity contribution < 1.29 is 0 Å². The molecule has 1 saturated heterocycles. The Labute approximate surface area is 108 Å². The molecule has 2 heteroatoms. The van der Waals surface area contributed by atoms with Crippen LogP contribution in [-0.4, -0.2) is 30.6 Å². The van der Waals surface area contributed by atoms with Gasteiger partial charge in [0.15, 0.2) is 0 Å². The highest BCUT2D eigenvalue weighted by molar-refractivity contribution is 4.81. The van der Waals surface area contributed by atoms with Gasteiger partial charge in [-0.25, -0.2) is 0 Å². The molecule has 2 N–H and O–H groups in total. The van der Waals surface area contributed by atoms with E-state index in [-0.39, 0.29) is 0 Å². The van der Waals surface area contributed by atoms with Crippen molar-refractivity contribution in [1.29, 1.82) is 0 Å². The van der Waals surface area contributed by atoms with Gasteiger partial charge in [0.1, 0.15) is 0 Å². The second-order valence-corrected chi connectivity index (χ2v) is 5.98. The summed E-state index contributed by atoms with van der Waals surface area (Å²) in [5.41, 5.74) is 5.65. The molecule has 102 valence electrons. The first-order chi connectivity index (χ1) is 8.19. The fourth-order valence-corrected chi connectivity index (χ4v) is 3.26. The standard InChI is InChI=1S/C15H32N2/c1-4-14(9-10-16)7-5-11-17-12-6-8-15(17)13(2)3/h13-15H,4-12,16H2,1-3H3. The van der Waals surface area contributed by atoms with E-state index in [4.69, 9.17) is 5.73 Å². The van der Waals surface area contributed by atoms with Gasteiger partial charge in [-0.2, -0.15) is 0 Å². The third-order valence-corrected chi connectivity index (χ3v) is 4.39. The molecular formula is C15H32N2. The van der Waals surface area contributed by atoms with Crippen LogP contribution in [0.5, 0.6) is 0 Å². The SMILES string of the molecule is CCC(CCN)CCCN1CCCC1C(C)C. The fraction of sp³-hybridized carbons (Fsp3) is 1.00. The molecule has 0 saturated carbocycles. The van der Waals surface area contributed by atoms with Crippen molar-refractivity contribution in [2.45, 2.75) is 65.3 Å². The van der Waals surface area contributed by atoms with Crippen LogP contribution < -0.4 is 5.73 Å². The Balaban J connectivity index is 2.21. The van der Waals surface area contributed by atoms with E-state index in [1.54, 1.807) is 0 Å². The molecule has 1 aliphatic rings. The van der Waals surface area contributed by atoms with Crippen LogP contribution in [-0.2, 0) is 0 Å². The second-order valence-electron chi connectivity index (χ2n) is 5.98. The molecule has 0 aromatic rings. The van der Waals surface area contributed by atoms with Crippen LogP contribution >= 0.6 is 0 Å². The lowest BCUT2D eigenvalue weighted by Crippen LogP contribution is -2.34. The summed E-state index contributed by atoms with van der Waals surface area (Å²) in [6.07, 6.45) is 8.06. The first-order valence-corrected chi connectivity index (χ1v) is 7.63. The van der Waals surface area contributed by atoms with Crippen molar-refractivity contribution in [2.75, 3.05) is 19.6 Å². The van der Waals surface area contributed by atoms with Crippen molar-refractivity contribution in [3.05, 3.63) is 0 Å². The molecule has 2 unspecified atom stereocenters. The fourth-order valence-electron chi connectivity index (χ4n) is 3.26. The highest BCUT2D eigenvalue weighted by Crippen LogP contribution is 2.24. The molecule has 0 spiro atoms. The predicted octanol–water partition coefficient (Wildman–Crippen LogP) is 3.26. The summed E-state index contributed by atoms with van der Waals surface area (Å²) in [5.74, 6) is 1.68. The summed E-state index contributed by atoms with van der Waals surface area (Å²) in [6, 6.07) is 0.851. The molecule has 0 bridgehead atoms. The molecule has 17 heavy (non-hydrogen) atoms. The van der Waals surface area contributed by atoms with Gasteiger partial charge in [-0.05, 0) is 63.6 Å². The molecule has 1 fully saturated rings. The van der Waals surface area contributed by atoms with Crippen LogP contribution in [0.4, 0.5) is 0 Å². The summed E-state index contributed by atoms with van der Waals surface area (Å²) in [4.78, 5) is 2.72. The Morgan fingerprint density at radius 1 is 1.29 bits per heavy atom. The maximum Gasteiger partial charge on any atom is 0.0119 e. The lowest BCUT2D eigenvalue weighted by Gasteiger charge is -2.28. The summed E-state index contributed by atoms with van der Waals surface area (Å²) >= 11 is 0. The van der Waals surface area contributed by atoms with E-state index in [0.29, 0.717) is 0 Å². The summed E-state index contributed by atoms with van der Waals surface area (Å²) in [5, 5.41) is 0. The smallest absolute Gasteiger partial charge is 0.0119 e. The third-order valence-electron chi connectivity index (χ3n) is 4.39. The van der Waals surface area contributed by atoms with Gasteiger partial charge < -0.3 is 10.6 Å². The minimum absolute atomic E-state index is 0.823. The van der Waals surface area contributed by atoms with E-state index < -0.39 is 0 Å². The molecule has 0 amide bonds. The Morgan fingerprint density at radius 3 is 2.65 bits per heavy atom. The molecule has 0 aromatic heterocycles. The van der Waals surface area contributed by atoms with Crippen LogP contribution in [0, 0.1) is 11.8 Å². The number of hydrogen-bond acceptors (Lipinski definition) is 2. The van der Waals surface area contributed by atoms with Crippen LogP contribution in [0.15, 0.2) is 0 Å². The minimum Gasteiger partial charge on any atom is -0.330 e. The first kappa shape index (κ1) is 15.0. The second kappa shape index (κ2) is 8.10. The van der Waals surface area contributed by atoms with Crippen molar-refractivity contribution in [3.63, 3.8) is 0 Å². The number of rotatable bonds is 8. The number of hydrogen-bond donors (Lipinski definition) is 1. The minimum atomic E-state index is 0.823. The summed E-state index contributed by atoms with van der Waals surface area (Å²) < 4.78 is 0. The molecule has 1 aliphatic heterocycles. The summed E-state index contributed by atoms with van der Waals surface area (Å²) in [6.45, 7) is 10.5. The van der Waals surface area contributed by atoms with E-state index in [2.05, 4.69) is 25.7 Å². The topological polar surface area (TPSA) is 29.3 Å². The summed E-state index contributed by atoms with van der Waals surface area (Å²) in [7, 11) is 0. The van der Waals surface area contributed by atoms with Crippen molar-refractivity contribution in [1.82, 2.24) is 4.90 Å². The van der Waals surface area contributed by atoms with Crippen LogP contribution in [0.25, 0.3) is 0 Å². The Bertz CT molecular complexity index is 191. The molecule has 0 aromatic carbocycles. The van der Waals surface area contributed by atoms with Crippen LogP contribution in [0.3, 0.4) is 0 Å². The van der Waals surface area contributed by atoms with E-state index in [1.165, 1.54) is 51.6 Å². The van der Waals surface area contributed by atoms with Crippen LogP contribution in [0.2, 0.25) is 0 Å². The van der Waals surface area contributed by atoms with Gasteiger partial charge in [0, 0.05) is 6.04 Å². The van der Waals surface area contributed by atoms with Crippen molar-refractivity contribution >= 4 is 0 Å². The van der Waals surface area contributed by atoms with Gasteiger partial charge in [-0.1, -0.05) is 27.2 Å². The van der Waals surface area contributed by atoms with E-state index in [0.717, 1.165) is 24.4 Å². The molecular weight excluding hydrogens is 208 g/mol. The molecule has 0 radical (unpaired) electrons. The zero-order valence-electron chi connectivity index (χ0n) is 12.1. The van der Waals surface area contributed by atoms with Crippen molar-refractivity contribution in [3.8, 4) is 0 Å². The van der Waals surface area contributed by atoms with E-state index in [1.807, 2.05) is 0 Å². The van der Waals surface area contributed by atoms with Gasteiger partial charge in [0.25, 0.3) is 0 Å². The number of nitrogens with zero attached hydrogens (tertiary/aromatic N) is 1. The lowest BCUT2D eigenvalue weighted by molar-refractivity contribution is 0.198. The maximum atomic E-state index is 5.65. The van der Waals surface area contributed by atoms with Crippen LogP contribution in [0.1, 0.15) is 59.3 Å². The molecule has 0 aliphatic carbocycles. The first-order valence-electron chi connectivity index (χ1n) is 7.63. The molecule has 2 nitrogen and oxygen atoms in total. The van der Waals surface area contributed by atoms with Gasteiger partial charge in [0.05, 0.1) is 0 Å². The van der Waals surface area contributed by atoms with E-state index >= 15 is 0 Å². The normalized spacial score (nSPS) is 23.5. The maximum absolute atomic E-state index is 5.65. The van der Waals surface area contributed by atoms with Crippen molar-refractivity contribution in [2.24, 2.45) is 17.6 Å². The number of nitrogens with two attached hydrogens (primary N) is 1. The molecule has 1 rings (SSSR count). The molecule has 2 atom stereocenters. The molecule has 1 heterocycles. The van der Waals surface area contributed by atoms with Gasteiger partial charge in [0.2, 0.25) is 0 Å². The highest BCUT2D eigenvalue weighted by atomic mass is 15.2. The quantitative estimate of drug-likeness (QED) is 0.705. The van der Waals surface area contributed by atoms with E-state index in [9.17, 15) is 0 Å². The highest BCUT2D eigenvalue weighted by Gasteiger charge is 2.26.